The third kappa shape index (κ3) is 3.78. The first-order chi connectivity index (χ1) is 11.7. The Bertz CT molecular complexity index is 615. The second-order valence-electron chi connectivity index (χ2n) is 6.65. The lowest BCUT2D eigenvalue weighted by Gasteiger charge is -2.23. The van der Waals surface area contributed by atoms with Gasteiger partial charge < -0.3 is 14.5 Å². The number of amides is 2. The van der Waals surface area contributed by atoms with Gasteiger partial charge in [0.1, 0.15) is 6.61 Å². The van der Waals surface area contributed by atoms with Crippen molar-refractivity contribution in [1.29, 1.82) is 0 Å². The number of carbonyl (C=O) groups is 2. The molecule has 0 aromatic heterocycles. The highest BCUT2D eigenvalue weighted by atomic mass is 16.5. The van der Waals surface area contributed by atoms with Crippen LogP contribution in [0.25, 0.3) is 0 Å². The topological polar surface area (TPSA) is 49.9 Å². The van der Waals surface area contributed by atoms with E-state index in [1.807, 2.05) is 11.0 Å². The summed E-state index contributed by atoms with van der Waals surface area (Å²) in [4.78, 5) is 28.5. The van der Waals surface area contributed by atoms with E-state index in [0.29, 0.717) is 26.2 Å². The van der Waals surface area contributed by atoms with Crippen LogP contribution in [0.4, 0.5) is 0 Å². The fourth-order valence-electron chi connectivity index (χ4n) is 3.63. The molecule has 2 amide bonds. The number of hydrogen-bond acceptors (Lipinski definition) is 3. The van der Waals surface area contributed by atoms with Crippen LogP contribution in [0.1, 0.15) is 40.7 Å². The molecule has 24 heavy (non-hydrogen) atoms. The quantitative estimate of drug-likeness (QED) is 0.850. The maximum Gasteiger partial charge on any atom is 0.253 e. The van der Waals surface area contributed by atoms with Crippen molar-refractivity contribution in [3.63, 3.8) is 0 Å². The summed E-state index contributed by atoms with van der Waals surface area (Å²) in [6.45, 7) is 2.67. The van der Waals surface area contributed by atoms with E-state index < -0.39 is 0 Å². The van der Waals surface area contributed by atoms with Crippen LogP contribution in [-0.2, 0) is 22.4 Å². The average Bonchev–Trinajstić information content (AvgIpc) is 2.87. The van der Waals surface area contributed by atoms with Gasteiger partial charge in [0.2, 0.25) is 5.91 Å². The van der Waals surface area contributed by atoms with Crippen LogP contribution in [0.2, 0.25) is 0 Å². The van der Waals surface area contributed by atoms with Crippen LogP contribution < -0.4 is 0 Å². The molecule has 2 aliphatic rings. The molecule has 3 rings (SSSR count). The molecule has 0 radical (unpaired) electrons. The lowest BCUT2D eigenvalue weighted by molar-refractivity contribution is -0.135. The molecule has 0 N–H and O–H groups in total. The molecule has 1 heterocycles. The van der Waals surface area contributed by atoms with Gasteiger partial charge in [-0.25, -0.2) is 0 Å². The average molecular weight is 330 g/mol. The first kappa shape index (κ1) is 17.0. The van der Waals surface area contributed by atoms with E-state index in [-0.39, 0.29) is 18.4 Å². The standard InChI is InChI=1S/C19H26N2O3/c1-24-14-18(22)20-9-4-10-21(12-11-20)19(23)17-8-7-15-5-2-3-6-16(15)13-17/h7-8,13H,2-6,9-12,14H2,1H3. The minimum absolute atomic E-state index is 0.000537. The second kappa shape index (κ2) is 7.79. The normalized spacial score (nSPS) is 18.0. The number of ether oxygens (including phenoxy) is 1. The third-order valence-corrected chi connectivity index (χ3v) is 5.00. The van der Waals surface area contributed by atoms with Crippen molar-refractivity contribution in [3.8, 4) is 0 Å². The number of hydrogen-bond donors (Lipinski definition) is 0. The van der Waals surface area contributed by atoms with E-state index >= 15 is 0 Å². The van der Waals surface area contributed by atoms with Crippen LogP contribution in [0.15, 0.2) is 18.2 Å². The van der Waals surface area contributed by atoms with E-state index in [2.05, 4.69) is 12.1 Å². The molecular formula is C19H26N2O3. The van der Waals surface area contributed by atoms with Gasteiger partial charge in [-0.3, -0.25) is 9.59 Å². The van der Waals surface area contributed by atoms with Crippen molar-refractivity contribution in [2.45, 2.75) is 32.1 Å². The fourth-order valence-corrected chi connectivity index (χ4v) is 3.63. The molecular weight excluding hydrogens is 304 g/mol. The van der Waals surface area contributed by atoms with E-state index in [1.165, 1.54) is 31.1 Å². The molecule has 1 aromatic carbocycles. The molecule has 1 fully saturated rings. The predicted molar refractivity (Wildman–Crippen MR) is 92.1 cm³/mol. The Hall–Kier alpha value is -1.88. The summed E-state index contributed by atoms with van der Waals surface area (Å²) in [5.41, 5.74) is 3.51. The molecule has 1 aromatic rings. The van der Waals surface area contributed by atoms with Gasteiger partial charge in [0.25, 0.3) is 5.91 Å². The first-order valence-corrected chi connectivity index (χ1v) is 8.87. The van der Waals surface area contributed by atoms with E-state index in [9.17, 15) is 9.59 Å². The van der Waals surface area contributed by atoms with E-state index in [1.54, 1.807) is 4.90 Å². The number of carbonyl (C=O) groups excluding carboxylic acids is 2. The van der Waals surface area contributed by atoms with Crippen LogP contribution >= 0.6 is 0 Å². The van der Waals surface area contributed by atoms with Gasteiger partial charge >= 0.3 is 0 Å². The summed E-state index contributed by atoms with van der Waals surface area (Å²) in [7, 11) is 1.53. The fraction of sp³-hybridized carbons (Fsp3) is 0.579. The van der Waals surface area contributed by atoms with Crippen molar-refractivity contribution in [2.24, 2.45) is 0 Å². The Morgan fingerprint density at radius 2 is 1.67 bits per heavy atom. The minimum Gasteiger partial charge on any atom is -0.375 e. The zero-order valence-electron chi connectivity index (χ0n) is 14.4. The van der Waals surface area contributed by atoms with Gasteiger partial charge in [-0.05, 0) is 55.4 Å². The molecule has 0 atom stereocenters. The summed E-state index contributed by atoms with van der Waals surface area (Å²) in [5, 5.41) is 0. The third-order valence-electron chi connectivity index (χ3n) is 5.00. The lowest BCUT2D eigenvalue weighted by Crippen LogP contribution is -2.38. The molecule has 1 saturated heterocycles. The van der Waals surface area contributed by atoms with E-state index in [4.69, 9.17) is 4.74 Å². The van der Waals surface area contributed by atoms with Crippen molar-refractivity contribution in [1.82, 2.24) is 9.80 Å². The summed E-state index contributed by atoms with van der Waals surface area (Å²) in [6.07, 6.45) is 5.48. The van der Waals surface area contributed by atoms with Crippen molar-refractivity contribution in [3.05, 3.63) is 34.9 Å². The molecule has 0 spiro atoms. The molecule has 0 bridgehead atoms. The number of fused-ring (bicyclic) bond motifs is 1. The summed E-state index contributed by atoms with van der Waals surface area (Å²) in [5.74, 6) is 0.0880. The highest BCUT2D eigenvalue weighted by Gasteiger charge is 2.23. The van der Waals surface area contributed by atoms with Crippen molar-refractivity contribution >= 4 is 11.8 Å². The largest absolute Gasteiger partial charge is 0.375 e. The maximum absolute atomic E-state index is 12.8. The number of nitrogens with zero attached hydrogens (tertiary/aromatic N) is 2. The van der Waals surface area contributed by atoms with Crippen LogP contribution in [-0.4, -0.2) is 61.5 Å². The summed E-state index contributed by atoms with van der Waals surface area (Å²) >= 11 is 0. The molecule has 1 aliphatic heterocycles. The van der Waals surface area contributed by atoms with Crippen LogP contribution in [0, 0.1) is 0 Å². The number of rotatable bonds is 3. The molecule has 1 aliphatic carbocycles. The molecule has 0 unspecified atom stereocenters. The molecule has 0 saturated carbocycles. The van der Waals surface area contributed by atoms with Gasteiger partial charge in [0.05, 0.1) is 0 Å². The van der Waals surface area contributed by atoms with Crippen LogP contribution in [0.5, 0.6) is 0 Å². The highest BCUT2D eigenvalue weighted by Crippen LogP contribution is 2.23. The van der Waals surface area contributed by atoms with Gasteiger partial charge in [-0.15, -0.1) is 0 Å². The number of aryl methyl sites for hydroxylation is 2. The van der Waals surface area contributed by atoms with E-state index in [0.717, 1.165) is 24.8 Å². The Labute approximate surface area is 143 Å². The smallest absolute Gasteiger partial charge is 0.253 e. The van der Waals surface area contributed by atoms with Crippen molar-refractivity contribution in [2.75, 3.05) is 39.9 Å². The van der Waals surface area contributed by atoms with Crippen molar-refractivity contribution < 1.29 is 14.3 Å². The Balaban J connectivity index is 1.66. The first-order valence-electron chi connectivity index (χ1n) is 8.87. The van der Waals surface area contributed by atoms with Crippen LogP contribution in [0.3, 0.4) is 0 Å². The molecule has 130 valence electrons. The summed E-state index contributed by atoms with van der Waals surface area (Å²) in [6, 6.07) is 6.16. The Morgan fingerprint density at radius 1 is 0.958 bits per heavy atom. The van der Waals surface area contributed by atoms with Gasteiger partial charge in [-0.1, -0.05) is 6.07 Å². The monoisotopic (exact) mass is 330 g/mol. The summed E-state index contributed by atoms with van der Waals surface area (Å²) < 4.78 is 4.92. The zero-order chi connectivity index (χ0) is 16.9. The lowest BCUT2D eigenvalue weighted by atomic mass is 9.90. The predicted octanol–water partition coefficient (Wildman–Crippen LogP) is 1.89. The Kier molecular flexibility index (Phi) is 5.51. The second-order valence-corrected chi connectivity index (χ2v) is 6.65. The minimum atomic E-state index is 0.000537. The SMILES string of the molecule is COCC(=O)N1CCCN(C(=O)c2ccc3c(c2)CCCC3)CC1. The van der Waals surface area contributed by atoms with Gasteiger partial charge in [0.15, 0.2) is 0 Å². The van der Waals surface area contributed by atoms with Gasteiger partial charge in [-0.2, -0.15) is 0 Å². The molecule has 5 nitrogen and oxygen atoms in total. The molecule has 5 heteroatoms. The number of methoxy groups -OCH3 is 1. The number of benzene rings is 1. The Morgan fingerprint density at radius 3 is 2.46 bits per heavy atom. The maximum atomic E-state index is 12.8. The van der Waals surface area contributed by atoms with Gasteiger partial charge in [0, 0.05) is 38.9 Å². The highest BCUT2D eigenvalue weighted by molar-refractivity contribution is 5.94. The zero-order valence-corrected chi connectivity index (χ0v) is 14.4.